The average Bonchev–Trinajstić information content (AvgIpc) is 2.00. The highest BCUT2D eigenvalue weighted by Gasteiger charge is 2.16. The lowest BCUT2D eigenvalue weighted by atomic mass is 10.1. The van der Waals surface area contributed by atoms with E-state index in [-0.39, 0.29) is 11.5 Å². The van der Waals surface area contributed by atoms with E-state index in [0.717, 1.165) is 18.8 Å². The van der Waals surface area contributed by atoms with Crippen molar-refractivity contribution in [1.29, 1.82) is 0 Å². The van der Waals surface area contributed by atoms with Crippen LogP contribution >= 0.6 is 0 Å². The molecule has 0 spiro atoms. The fraction of sp³-hybridized carbons (Fsp3) is 0.364. The molecule has 0 aliphatic carbocycles. The van der Waals surface area contributed by atoms with Gasteiger partial charge in [0.1, 0.15) is 5.75 Å². The third-order valence-electron chi connectivity index (χ3n) is 2.58. The molecule has 74 valence electrons. The monoisotopic (exact) mass is 191 g/mol. The number of phenols is 1. The molecule has 1 heterocycles. The first-order chi connectivity index (χ1) is 6.68. The summed E-state index contributed by atoms with van der Waals surface area (Å²) >= 11 is 0. The van der Waals surface area contributed by atoms with Gasteiger partial charge in [0.25, 0.3) is 0 Å². The quantitative estimate of drug-likeness (QED) is 0.725. The number of rotatable bonds is 2. The Morgan fingerprint density at radius 1 is 1.43 bits per heavy atom. The number of benzene rings is 1. The van der Waals surface area contributed by atoms with Crippen molar-refractivity contribution in [2.45, 2.75) is 13.3 Å². The van der Waals surface area contributed by atoms with Crippen LogP contribution in [0.2, 0.25) is 0 Å². The number of ketones is 1. The van der Waals surface area contributed by atoms with Gasteiger partial charge in [-0.25, -0.2) is 0 Å². The Bertz CT molecular complexity index is 370. The standard InChI is InChI=1S/C11H13NO2/c1-8(13)10-4-3-9(7-11(10)14)12-5-2-6-12/h3-4,7,14H,2,5-6H2,1H3. The van der Waals surface area contributed by atoms with E-state index in [9.17, 15) is 9.90 Å². The van der Waals surface area contributed by atoms with Gasteiger partial charge in [-0.15, -0.1) is 0 Å². The zero-order chi connectivity index (χ0) is 10.1. The Morgan fingerprint density at radius 3 is 2.57 bits per heavy atom. The number of anilines is 1. The SMILES string of the molecule is CC(=O)c1ccc(N2CCC2)cc1O. The second-order valence-electron chi connectivity index (χ2n) is 3.60. The van der Waals surface area contributed by atoms with Crippen molar-refractivity contribution in [3.05, 3.63) is 23.8 Å². The highest BCUT2D eigenvalue weighted by molar-refractivity contribution is 5.97. The molecule has 1 fully saturated rings. The zero-order valence-corrected chi connectivity index (χ0v) is 8.16. The van der Waals surface area contributed by atoms with E-state index in [1.807, 2.05) is 6.07 Å². The molecule has 1 N–H and O–H groups in total. The maximum atomic E-state index is 11.1. The molecule has 0 aromatic heterocycles. The summed E-state index contributed by atoms with van der Waals surface area (Å²) in [5, 5.41) is 9.58. The molecule has 1 aliphatic rings. The molecule has 0 atom stereocenters. The predicted octanol–water partition coefficient (Wildman–Crippen LogP) is 1.80. The van der Waals surface area contributed by atoms with Gasteiger partial charge in [-0.1, -0.05) is 0 Å². The number of hydrogen-bond donors (Lipinski definition) is 1. The van der Waals surface area contributed by atoms with E-state index >= 15 is 0 Å². The molecule has 3 nitrogen and oxygen atoms in total. The van der Waals surface area contributed by atoms with Gasteiger partial charge >= 0.3 is 0 Å². The van der Waals surface area contributed by atoms with Crippen LogP contribution in [0, 0.1) is 0 Å². The fourth-order valence-corrected chi connectivity index (χ4v) is 1.59. The fourth-order valence-electron chi connectivity index (χ4n) is 1.59. The number of hydrogen-bond acceptors (Lipinski definition) is 3. The van der Waals surface area contributed by atoms with Crippen LogP contribution in [0.3, 0.4) is 0 Å². The minimum absolute atomic E-state index is 0.0851. The lowest BCUT2D eigenvalue weighted by Crippen LogP contribution is -2.36. The van der Waals surface area contributed by atoms with Gasteiger partial charge in [-0.05, 0) is 25.5 Å². The summed E-state index contributed by atoms with van der Waals surface area (Å²) in [5.74, 6) is -0.0143. The molecule has 1 saturated heterocycles. The first kappa shape index (κ1) is 9.06. The second kappa shape index (κ2) is 3.33. The molecule has 1 aliphatic heterocycles. The molecular weight excluding hydrogens is 178 g/mol. The van der Waals surface area contributed by atoms with Crippen LogP contribution in [0.1, 0.15) is 23.7 Å². The first-order valence-electron chi connectivity index (χ1n) is 4.77. The summed E-state index contributed by atoms with van der Waals surface area (Å²) in [6.45, 7) is 3.54. The van der Waals surface area contributed by atoms with Crippen molar-refractivity contribution in [3.63, 3.8) is 0 Å². The Morgan fingerprint density at radius 2 is 2.14 bits per heavy atom. The van der Waals surface area contributed by atoms with Gasteiger partial charge in [-0.2, -0.15) is 0 Å². The van der Waals surface area contributed by atoms with Gasteiger partial charge < -0.3 is 10.0 Å². The van der Waals surface area contributed by atoms with Gasteiger partial charge in [-0.3, -0.25) is 4.79 Å². The van der Waals surface area contributed by atoms with Crippen molar-refractivity contribution in [2.24, 2.45) is 0 Å². The number of phenolic OH excluding ortho intramolecular Hbond substituents is 1. The van der Waals surface area contributed by atoms with Crippen molar-refractivity contribution in [3.8, 4) is 5.75 Å². The summed E-state index contributed by atoms with van der Waals surface area (Å²) < 4.78 is 0. The first-order valence-corrected chi connectivity index (χ1v) is 4.77. The van der Waals surface area contributed by atoms with Crippen LogP contribution in [-0.4, -0.2) is 24.0 Å². The summed E-state index contributed by atoms with van der Waals surface area (Å²) in [7, 11) is 0. The predicted molar refractivity (Wildman–Crippen MR) is 54.9 cm³/mol. The summed E-state index contributed by atoms with van der Waals surface area (Å²) in [5.41, 5.74) is 1.40. The molecule has 3 heteroatoms. The number of aromatic hydroxyl groups is 1. The van der Waals surface area contributed by atoms with Crippen LogP contribution in [-0.2, 0) is 0 Å². The van der Waals surface area contributed by atoms with Crippen LogP contribution in [0.15, 0.2) is 18.2 Å². The van der Waals surface area contributed by atoms with Crippen LogP contribution in [0.5, 0.6) is 5.75 Å². The van der Waals surface area contributed by atoms with Crippen LogP contribution in [0.4, 0.5) is 5.69 Å². The second-order valence-corrected chi connectivity index (χ2v) is 3.60. The molecule has 0 amide bonds. The Labute approximate surface area is 83.0 Å². The summed E-state index contributed by atoms with van der Waals surface area (Å²) in [4.78, 5) is 13.2. The third-order valence-corrected chi connectivity index (χ3v) is 2.58. The van der Waals surface area contributed by atoms with Crippen molar-refractivity contribution < 1.29 is 9.90 Å². The maximum absolute atomic E-state index is 11.1. The number of Topliss-reactive ketones (excluding diaryl/α,β-unsaturated/α-hetero) is 1. The maximum Gasteiger partial charge on any atom is 0.163 e. The van der Waals surface area contributed by atoms with E-state index in [1.165, 1.54) is 13.3 Å². The van der Waals surface area contributed by atoms with E-state index < -0.39 is 0 Å². The highest BCUT2D eigenvalue weighted by Crippen LogP contribution is 2.27. The summed E-state index contributed by atoms with van der Waals surface area (Å²) in [6, 6.07) is 5.23. The number of nitrogens with zero attached hydrogens (tertiary/aromatic N) is 1. The van der Waals surface area contributed by atoms with Crippen LogP contribution in [0.25, 0.3) is 0 Å². The normalized spacial score (nSPS) is 15.1. The number of carbonyl (C=O) groups is 1. The van der Waals surface area contributed by atoms with Gasteiger partial charge in [0, 0.05) is 24.8 Å². The van der Waals surface area contributed by atoms with E-state index in [0.29, 0.717) is 5.56 Å². The topological polar surface area (TPSA) is 40.5 Å². The summed E-state index contributed by atoms with van der Waals surface area (Å²) in [6.07, 6.45) is 1.20. The zero-order valence-electron chi connectivity index (χ0n) is 8.16. The van der Waals surface area contributed by atoms with Gasteiger partial charge in [0.05, 0.1) is 5.56 Å². The van der Waals surface area contributed by atoms with Crippen molar-refractivity contribution >= 4 is 11.5 Å². The van der Waals surface area contributed by atoms with Crippen molar-refractivity contribution in [1.82, 2.24) is 0 Å². The molecule has 1 aromatic rings. The third kappa shape index (κ3) is 1.45. The van der Waals surface area contributed by atoms with Gasteiger partial charge in [0.15, 0.2) is 5.78 Å². The Kier molecular flexibility index (Phi) is 2.15. The average molecular weight is 191 g/mol. The molecule has 0 radical (unpaired) electrons. The van der Waals surface area contributed by atoms with Crippen LogP contribution < -0.4 is 4.90 Å². The van der Waals surface area contributed by atoms with E-state index in [1.54, 1.807) is 12.1 Å². The molecule has 14 heavy (non-hydrogen) atoms. The molecule has 0 unspecified atom stereocenters. The lowest BCUT2D eigenvalue weighted by molar-refractivity contribution is 0.101. The lowest BCUT2D eigenvalue weighted by Gasteiger charge is -2.33. The molecule has 0 saturated carbocycles. The number of carbonyl (C=O) groups excluding carboxylic acids is 1. The Hall–Kier alpha value is -1.51. The van der Waals surface area contributed by atoms with Crippen molar-refractivity contribution in [2.75, 3.05) is 18.0 Å². The minimum Gasteiger partial charge on any atom is -0.507 e. The molecule has 2 rings (SSSR count). The van der Waals surface area contributed by atoms with Gasteiger partial charge in [0.2, 0.25) is 0 Å². The molecule has 0 bridgehead atoms. The van der Waals surface area contributed by atoms with E-state index in [2.05, 4.69) is 4.90 Å². The highest BCUT2D eigenvalue weighted by atomic mass is 16.3. The molecule has 1 aromatic carbocycles. The minimum atomic E-state index is -0.0994. The Balaban J connectivity index is 2.30. The largest absolute Gasteiger partial charge is 0.507 e. The molecular formula is C11H13NO2. The smallest absolute Gasteiger partial charge is 0.163 e. The van der Waals surface area contributed by atoms with E-state index in [4.69, 9.17) is 0 Å².